The minimum atomic E-state index is -0.300. The third-order valence-corrected chi connectivity index (χ3v) is 13.5. The summed E-state index contributed by atoms with van der Waals surface area (Å²) in [7, 11) is 0. The summed E-state index contributed by atoms with van der Waals surface area (Å²) in [4.78, 5) is 9.57. The van der Waals surface area contributed by atoms with Gasteiger partial charge in [0.25, 0.3) is 0 Å². The van der Waals surface area contributed by atoms with E-state index in [4.69, 9.17) is 9.72 Å². The van der Waals surface area contributed by atoms with E-state index in [-0.39, 0.29) is 42.7 Å². The van der Waals surface area contributed by atoms with E-state index < -0.39 is 0 Å². The predicted molar refractivity (Wildman–Crippen MR) is 276 cm³/mol. The molecule has 0 unspecified atom stereocenters. The van der Waals surface area contributed by atoms with E-state index >= 15 is 0 Å². The van der Waals surface area contributed by atoms with Crippen LogP contribution < -0.4 is 14.5 Å². The van der Waals surface area contributed by atoms with Gasteiger partial charge in [0, 0.05) is 66.8 Å². The second-order valence-electron chi connectivity index (χ2n) is 21.6. The van der Waals surface area contributed by atoms with Crippen LogP contribution in [0.2, 0.25) is 0 Å². The maximum absolute atomic E-state index is 6.74. The number of fused-ring (bicyclic) bond motifs is 5. The summed E-state index contributed by atoms with van der Waals surface area (Å²) >= 11 is 0. The Morgan fingerprint density at radius 3 is 1.87 bits per heavy atom. The molecular weight excluding hydrogens is 1000 g/mol. The van der Waals surface area contributed by atoms with Crippen molar-refractivity contribution >= 4 is 55.3 Å². The summed E-state index contributed by atoms with van der Waals surface area (Å²) in [6.07, 6.45) is 1.94. The molecule has 0 radical (unpaired) electrons. The molecule has 3 heterocycles. The number of nitrogens with zero attached hydrogens (tertiary/aromatic N) is 4. The minimum Gasteiger partial charge on any atom is -0.509 e. The molecule has 67 heavy (non-hydrogen) atoms. The molecule has 1 aliphatic heterocycles. The number of benzene rings is 7. The number of rotatable bonds is 7. The maximum atomic E-state index is 6.74. The third-order valence-electron chi connectivity index (χ3n) is 13.5. The standard InChI is InChI=1S/C61H59N4O.Pt/c1-58(2,3)41-26-29-53-51(35-41)50-28-27-48(38-56(50)65(53)57-36-42(30-31-62-57)61(10,11)52-23-16-19-40-18-12-13-22-49(40)52)66-47-21-17-20-45(37-47)63-39-64(55-25-15-14-24-54(55)63)46-33-43(59(4,5)6)32-44(34-46)60(7,8)9;/h12-36,39H,1-11H3;/q-3;. The van der Waals surface area contributed by atoms with Crippen molar-refractivity contribution in [3.63, 3.8) is 0 Å². The van der Waals surface area contributed by atoms with Crippen LogP contribution in [0.4, 0.5) is 22.7 Å². The number of hydrogen-bond acceptors (Lipinski definition) is 4. The topological polar surface area (TPSA) is 33.5 Å². The molecule has 9 aromatic rings. The third kappa shape index (κ3) is 8.46. The zero-order valence-electron chi connectivity index (χ0n) is 40.5. The van der Waals surface area contributed by atoms with Crippen molar-refractivity contribution in [2.45, 2.75) is 97.8 Å². The molecule has 0 amide bonds. The largest absolute Gasteiger partial charge is 0.509 e. The zero-order chi connectivity index (χ0) is 46.3. The Morgan fingerprint density at radius 1 is 0.507 bits per heavy atom. The van der Waals surface area contributed by atoms with Gasteiger partial charge in [-0.1, -0.05) is 154 Å². The molecule has 0 bridgehead atoms. The van der Waals surface area contributed by atoms with Gasteiger partial charge in [-0.2, -0.15) is 12.1 Å². The summed E-state index contributed by atoms with van der Waals surface area (Å²) in [5.74, 6) is 2.04. The van der Waals surface area contributed by atoms with Crippen molar-refractivity contribution in [2.24, 2.45) is 0 Å². The second kappa shape index (κ2) is 16.9. The van der Waals surface area contributed by atoms with Crippen LogP contribution in [-0.4, -0.2) is 9.55 Å². The first-order valence-electron chi connectivity index (χ1n) is 23.2. The molecule has 0 N–H and O–H groups in total. The van der Waals surface area contributed by atoms with Crippen LogP contribution in [0.1, 0.15) is 104 Å². The fourth-order valence-electron chi connectivity index (χ4n) is 9.42. The molecular formula is C61H59N4OPt-3. The van der Waals surface area contributed by atoms with Crippen molar-refractivity contribution < 1.29 is 25.8 Å². The number of anilines is 4. The van der Waals surface area contributed by atoms with E-state index in [1.54, 1.807) is 0 Å². The Bertz CT molecular complexity index is 3280. The summed E-state index contributed by atoms with van der Waals surface area (Å²) in [6.45, 7) is 27.3. The zero-order valence-corrected chi connectivity index (χ0v) is 42.8. The molecule has 2 aromatic heterocycles. The Morgan fingerprint density at radius 2 is 1.15 bits per heavy atom. The average molecular weight is 1060 g/mol. The van der Waals surface area contributed by atoms with Crippen LogP contribution in [0.5, 0.6) is 11.5 Å². The summed E-state index contributed by atoms with van der Waals surface area (Å²) in [6, 6.07) is 59.7. The quantitative estimate of drug-likeness (QED) is 0.149. The molecule has 1 aliphatic rings. The van der Waals surface area contributed by atoms with Gasteiger partial charge in [0.05, 0.1) is 0 Å². The molecule has 342 valence electrons. The SMILES string of the molecule is CC(C)(C)c1cc(N2[CH-]N(c3[c-]c(Oc4[c-]c5c(cc4)c4cc(C(C)(C)C)ccc4n5-c4cc(C(C)(C)c5cccc6ccccc56)ccn4)ccc3)c3ccccc32)cc(C(C)(C)C)c1.[Pt]. The number of hydrogen-bond donors (Lipinski definition) is 0. The minimum absolute atomic E-state index is 0. The number of aromatic nitrogens is 2. The average Bonchev–Trinajstić information content (AvgIpc) is 3.84. The molecule has 0 saturated carbocycles. The van der Waals surface area contributed by atoms with Crippen LogP contribution in [0.3, 0.4) is 0 Å². The molecule has 7 aromatic carbocycles. The van der Waals surface area contributed by atoms with Gasteiger partial charge in [0.2, 0.25) is 0 Å². The molecule has 6 heteroatoms. The van der Waals surface area contributed by atoms with Gasteiger partial charge in [-0.3, -0.25) is 0 Å². The first kappa shape index (κ1) is 46.0. The van der Waals surface area contributed by atoms with E-state index in [1.807, 2.05) is 24.4 Å². The van der Waals surface area contributed by atoms with Crippen molar-refractivity contribution in [3.05, 3.63) is 198 Å². The monoisotopic (exact) mass is 1060 g/mol. The Balaban J connectivity index is 0.00000562. The normalized spacial score (nSPS) is 13.4. The molecule has 0 spiro atoms. The number of ether oxygens (including phenoxy) is 1. The van der Waals surface area contributed by atoms with E-state index in [1.165, 1.54) is 38.6 Å². The molecule has 0 saturated heterocycles. The summed E-state index contributed by atoms with van der Waals surface area (Å²) in [5.41, 5.74) is 12.2. The maximum Gasteiger partial charge on any atom is 0.135 e. The summed E-state index contributed by atoms with van der Waals surface area (Å²) < 4.78 is 8.98. The first-order valence-corrected chi connectivity index (χ1v) is 23.2. The van der Waals surface area contributed by atoms with Gasteiger partial charge in [-0.15, -0.1) is 48.1 Å². The Hall–Kier alpha value is -6.16. The van der Waals surface area contributed by atoms with Crippen molar-refractivity contribution in [3.8, 4) is 17.3 Å². The van der Waals surface area contributed by atoms with Gasteiger partial charge in [-0.05, 0) is 103 Å². The molecule has 10 rings (SSSR count). The van der Waals surface area contributed by atoms with Gasteiger partial charge >= 0.3 is 0 Å². The van der Waals surface area contributed by atoms with Crippen LogP contribution >= 0.6 is 0 Å². The van der Waals surface area contributed by atoms with Crippen LogP contribution in [0.25, 0.3) is 38.4 Å². The van der Waals surface area contributed by atoms with Crippen LogP contribution in [0.15, 0.2) is 152 Å². The van der Waals surface area contributed by atoms with E-state index in [9.17, 15) is 0 Å². The van der Waals surface area contributed by atoms with E-state index in [0.29, 0.717) is 11.5 Å². The Kier molecular flexibility index (Phi) is 11.6. The van der Waals surface area contributed by atoms with E-state index in [2.05, 4.69) is 237 Å². The smallest absolute Gasteiger partial charge is 0.135 e. The summed E-state index contributed by atoms with van der Waals surface area (Å²) in [5, 5.41) is 4.75. The van der Waals surface area contributed by atoms with Gasteiger partial charge in [-0.25, -0.2) is 4.98 Å². The van der Waals surface area contributed by atoms with Gasteiger partial charge in [0.1, 0.15) is 5.82 Å². The predicted octanol–water partition coefficient (Wildman–Crippen LogP) is 16.3. The van der Waals surface area contributed by atoms with Crippen LogP contribution in [0, 0.1) is 18.8 Å². The van der Waals surface area contributed by atoms with Gasteiger partial charge in [0.15, 0.2) is 0 Å². The number of pyridine rings is 1. The van der Waals surface area contributed by atoms with Crippen LogP contribution in [-0.2, 0) is 42.7 Å². The molecule has 5 nitrogen and oxygen atoms in total. The Labute approximate surface area is 411 Å². The van der Waals surface area contributed by atoms with Crippen molar-refractivity contribution in [1.82, 2.24) is 9.55 Å². The fraction of sp³-hybridized carbons (Fsp3) is 0.246. The molecule has 0 aliphatic carbocycles. The molecule has 0 atom stereocenters. The number of para-hydroxylation sites is 2. The van der Waals surface area contributed by atoms with Crippen molar-refractivity contribution in [2.75, 3.05) is 9.80 Å². The second-order valence-corrected chi connectivity index (χ2v) is 21.6. The van der Waals surface area contributed by atoms with Gasteiger partial charge < -0.3 is 19.1 Å². The van der Waals surface area contributed by atoms with E-state index in [0.717, 1.165) is 50.4 Å². The van der Waals surface area contributed by atoms with Crippen molar-refractivity contribution in [1.29, 1.82) is 0 Å². The molecule has 0 fully saturated rings. The fourth-order valence-corrected chi connectivity index (χ4v) is 9.42. The first-order chi connectivity index (χ1) is 31.3.